The van der Waals surface area contributed by atoms with Gasteiger partial charge in [-0.2, -0.15) is 0 Å². The molecule has 5 nitrogen and oxygen atoms in total. The lowest BCUT2D eigenvalue weighted by Crippen LogP contribution is -2.49. The maximum Gasteiger partial charge on any atom is 0.191 e. The maximum absolute atomic E-state index is 5.80. The summed E-state index contributed by atoms with van der Waals surface area (Å²) in [6.45, 7) is 10.7. The van der Waals surface area contributed by atoms with Crippen molar-refractivity contribution >= 4 is 5.96 Å². The standard InChI is InChI=1S/C18H36N4O/c1-5-23-17(14(2)3)8-11-20-18(19-4)21-15-9-12-22(13-10-15)16-6-7-16/h14-17H,5-13H2,1-4H3,(H2,19,20,21). The van der Waals surface area contributed by atoms with Gasteiger partial charge in [0.15, 0.2) is 5.96 Å². The Bertz CT molecular complexity index is 360. The fraction of sp³-hybridized carbons (Fsp3) is 0.944. The number of nitrogens with one attached hydrogen (secondary N) is 2. The zero-order valence-electron chi connectivity index (χ0n) is 15.5. The summed E-state index contributed by atoms with van der Waals surface area (Å²) in [4.78, 5) is 7.03. The van der Waals surface area contributed by atoms with Gasteiger partial charge in [0.2, 0.25) is 0 Å². The number of likely N-dealkylation sites (tertiary alicyclic amines) is 1. The van der Waals surface area contributed by atoms with E-state index in [0.717, 1.165) is 31.6 Å². The lowest BCUT2D eigenvalue weighted by atomic mass is 10.0. The molecule has 23 heavy (non-hydrogen) atoms. The monoisotopic (exact) mass is 324 g/mol. The zero-order valence-corrected chi connectivity index (χ0v) is 15.5. The molecular weight excluding hydrogens is 288 g/mol. The Morgan fingerprint density at radius 1 is 1.22 bits per heavy atom. The number of guanidine groups is 1. The highest BCUT2D eigenvalue weighted by molar-refractivity contribution is 5.79. The summed E-state index contributed by atoms with van der Waals surface area (Å²) >= 11 is 0. The Morgan fingerprint density at radius 2 is 1.91 bits per heavy atom. The Labute approximate surface area is 142 Å². The van der Waals surface area contributed by atoms with Crippen molar-refractivity contribution in [3.8, 4) is 0 Å². The second kappa shape index (κ2) is 9.48. The second-order valence-corrected chi connectivity index (χ2v) is 7.21. The molecule has 0 bridgehead atoms. The van der Waals surface area contributed by atoms with E-state index in [1.54, 1.807) is 0 Å². The van der Waals surface area contributed by atoms with Gasteiger partial charge in [0.25, 0.3) is 0 Å². The smallest absolute Gasteiger partial charge is 0.191 e. The lowest BCUT2D eigenvalue weighted by Gasteiger charge is -2.33. The molecule has 2 rings (SSSR count). The molecule has 1 aliphatic heterocycles. The SMILES string of the molecule is CCOC(CCNC(=NC)NC1CCN(C2CC2)CC1)C(C)C. The third-order valence-electron chi connectivity index (χ3n) is 5.00. The molecular formula is C18H36N4O. The summed E-state index contributed by atoms with van der Waals surface area (Å²) in [7, 11) is 1.86. The van der Waals surface area contributed by atoms with Gasteiger partial charge in [-0.05, 0) is 44.9 Å². The summed E-state index contributed by atoms with van der Waals surface area (Å²) < 4.78 is 5.80. The zero-order chi connectivity index (χ0) is 16.7. The molecule has 1 heterocycles. The Kier molecular flexibility index (Phi) is 7.63. The highest BCUT2D eigenvalue weighted by Crippen LogP contribution is 2.29. The van der Waals surface area contributed by atoms with E-state index >= 15 is 0 Å². The van der Waals surface area contributed by atoms with Crippen LogP contribution in [0.4, 0.5) is 0 Å². The van der Waals surface area contributed by atoms with Crippen molar-refractivity contribution in [2.45, 2.75) is 71.1 Å². The van der Waals surface area contributed by atoms with Crippen LogP contribution in [-0.4, -0.2) is 62.3 Å². The van der Waals surface area contributed by atoms with Gasteiger partial charge in [-0.1, -0.05) is 13.8 Å². The Balaban J connectivity index is 1.65. The summed E-state index contributed by atoms with van der Waals surface area (Å²) in [5, 5.41) is 7.04. The van der Waals surface area contributed by atoms with Gasteiger partial charge in [-0.15, -0.1) is 0 Å². The number of hydrogen-bond acceptors (Lipinski definition) is 3. The molecule has 1 unspecified atom stereocenters. The van der Waals surface area contributed by atoms with Crippen molar-refractivity contribution in [3.63, 3.8) is 0 Å². The van der Waals surface area contributed by atoms with Crippen molar-refractivity contribution in [2.24, 2.45) is 10.9 Å². The van der Waals surface area contributed by atoms with E-state index in [0.29, 0.717) is 18.1 Å². The molecule has 1 saturated heterocycles. The molecule has 2 N–H and O–H groups in total. The molecule has 1 saturated carbocycles. The third-order valence-corrected chi connectivity index (χ3v) is 5.00. The van der Waals surface area contributed by atoms with Gasteiger partial charge >= 0.3 is 0 Å². The minimum Gasteiger partial charge on any atom is -0.378 e. The van der Waals surface area contributed by atoms with E-state index in [2.05, 4.69) is 41.3 Å². The number of hydrogen-bond donors (Lipinski definition) is 2. The number of rotatable bonds is 8. The molecule has 1 atom stereocenters. The predicted octanol–water partition coefficient (Wildman–Crippen LogP) is 2.23. The van der Waals surface area contributed by atoms with E-state index in [1.165, 1.54) is 38.8 Å². The topological polar surface area (TPSA) is 48.9 Å². The molecule has 2 fully saturated rings. The van der Waals surface area contributed by atoms with Crippen molar-refractivity contribution in [3.05, 3.63) is 0 Å². The van der Waals surface area contributed by atoms with Crippen LogP contribution in [0.15, 0.2) is 4.99 Å². The Morgan fingerprint density at radius 3 is 2.43 bits per heavy atom. The van der Waals surface area contributed by atoms with Gasteiger partial charge < -0.3 is 20.3 Å². The quantitative estimate of drug-likeness (QED) is 0.531. The van der Waals surface area contributed by atoms with Gasteiger partial charge in [0.05, 0.1) is 6.10 Å². The third kappa shape index (κ3) is 6.30. The van der Waals surface area contributed by atoms with Gasteiger partial charge in [-0.3, -0.25) is 4.99 Å². The number of ether oxygens (including phenoxy) is 1. The van der Waals surface area contributed by atoms with Crippen LogP contribution >= 0.6 is 0 Å². The van der Waals surface area contributed by atoms with Crippen molar-refractivity contribution in [2.75, 3.05) is 33.3 Å². The van der Waals surface area contributed by atoms with Crippen LogP contribution in [0.2, 0.25) is 0 Å². The maximum atomic E-state index is 5.80. The van der Waals surface area contributed by atoms with Crippen LogP contribution in [0.3, 0.4) is 0 Å². The van der Waals surface area contributed by atoms with Crippen LogP contribution in [-0.2, 0) is 4.74 Å². The fourth-order valence-electron chi connectivity index (χ4n) is 3.39. The first-order chi connectivity index (χ1) is 11.1. The van der Waals surface area contributed by atoms with Gasteiger partial charge in [0, 0.05) is 45.4 Å². The Hall–Kier alpha value is -0.810. The number of piperidine rings is 1. The van der Waals surface area contributed by atoms with Gasteiger partial charge in [-0.25, -0.2) is 0 Å². The molecule has 0 aromatic rings. The molecule has 0 aromatic carbocycles. The molecule has 0 spiro atoms. The fourth-order valence-corrected chi connectivity index (χ4v) is 3.39. The van der Waals surface area contributed by atoms with E-state index < -0.39 is 0 Å². The van der Waals surface area contributed by atoms with E-state index in [9.17, 15) is 0 Å². The molecule has 0 aromatic heterocycles. The van der Waals surface area contributed by atoms with Crippen LogP contribution in [0, 0.1) is 5.92 Å². The lowest BCUT2D eigenvalue weighted by molar-refractivity contribution is 0.0258. The van der Waals surface area contributed by atoms with Crippen molar-refractivity contribution in [1.82, 2.24) is 15.5 Å². The van der Waals surface area contributed by atoms with E-state index in [1.807, 2.05) is 7.05 Å². The predicted molar refractivity (Wildman–Crippen MR) is 97.0 cm³/mol. The van der Waals surface area contributed by atoms with Crippen LogP contribution in [0.25, 0.3) is 0 Å². The molecule has 134 valence electrons. The van der Waals surface area contributed by atoms with E-state index in [4.69, 9.17) is 4.74 Å². The molecule has 0 amide bonds. The number of nitrogens with zero attached hydrogens (tertiary/aromatic N) is 2. The van der Waals surface area contributed by atoms with Crippen molar-refractivity contribution < 1.29 is 4.74 Å². The summed E-state index contributed by atoms with van der Waals surface area (Å²) in [5.74, 6) is 1.49. The molecule has 0 radical (unpaired) electrons. The van der Waals surface area contributed by atoms with Crippen LogP contribution in [0.1, 0.15) is 52.9 Å². The molecule has 1 aliphatic carbocycles. The second-order valence-electron chi connectivity index (χ2n) is 7.21. The van der Waals surface area contributed by atoms with Gasteiger partial charge in [0.1, 0.15) is 0 Å². The first-order valence-electron chi connectivity index (χ1n) is 9.46. The first-order valence-corrected chi connectivity index (χ1v) is 9.46. The minimum atomic E-state index is 0.326. The number of aliphatic imine (C=N–C) groups is 1. The minimum absolute atomic E-state index is 0.326. The van der Waals surface area contributed by atoms with E-state index in [-0.39, 0.29) is 0 Å². The average molecular weight is 325 g/mol. The molecule has 2 aliphatic rings. The highest BCUT2D eigenvalue weighted by atomic mass is 16.5. The summed E-state index contributed by atoms with van der Waals surface area (Å²) in [5.41, 5.74) is 0. The average Bonchev–Trinajstić information content (AvgIpc) is 3.38. The normalized spacial score (nSPS) is 22.4. The first kappa shape index (κ1) is 18.5. The summed E-state index contributed by atoms with van der Waals surface area (Å²) in [6, 6.07) is 1.46. The van der Waals surface area contributed by atoms with Crippen LogP contribution < -0.4 is 10.6 Å². The largest absolute Gasteiger partial charge is 0.378 e. The summed E-state index contributed by atoms with van der Waals surface area (Å²) in [6.07, 6.45) is 6.63. The van der Waals surface area contributed by atoms with Crippen molar-refractivity contribution in [1.29, 1.82) is 0 Å². The van der Waals surface area contributed by atoms with Crippen LogP contribution in [0.5, 0.6) is 0 Å². The molecule has 5 heteroatoms. The highest BCUT2D eigenvalue weighted by Gasteiger charge is 2.31.